The summed E-state index contributed by atoms with van der Waals surface area (Å²) in [5.74, 6) is -0.0394. The molecule has 43 heavy (non-hydrogen) atoms. The minimum Gasteiger partial charge on any atom is -0.335 e. The van der Waals surface area contributed by atoms with Gasteiger partial charge in [0, 0.05) is 41.1 Å². The summed E-state index contributed by atoms with van der Waals surface area (Å²) in [4.78, 5) is 36.1. The lowest BCUT2D eigenvalue weighted by molar-refractivity contribution is 0.0696. The fourth-order valence-electron chi connectivity index (χ4n) is 6.38. The van der Waals surface area contributed by atoms with Gasteiger partial charge in [-0.2, -0.15) is 0 Å². The quantitative estimate of drug-likeness (QED) is 0.236. The van der Waals surface area contributed by atoms with E-state index in [1.165, 1.54) is 11.3 Å². The van der Waals surface area contributed by atoms with E-state index in [4.69, 9.17) is 16.6 Å². The fraction of sp³-hybridized carbons (Fsp3) is 0.343. The Bertz CT molecular complexity index is 1730. The number of hydrogen-bond acceptors (Lipinski definition) is 5. The summed E-state index contributed by atoms with van der Waals surface area (Å²) in [6, 6.07) is 16.2. The Morgan fingerprint density at radius 3 is 2.30 bits per heavy atom. The van der Waals surface area contributed by atoms with Crippen LogP contribution in [0.25, 0.3) is 33.6 Å². The number of rotatable bonds is 7. The van der Waals surface area contributed by atoms with E-state index in [0.29, 0.717) is 52.0 Å². The molecule has 6 nitrogen and oxygen atoms in total. The number of thiazole rings is 1. The third-order valence-corrected chi connectivity index (χ3v) is 9.59. The first-order valence-electron chi connectivity index (χ1n) is 15.1. The monoisotopic (exact) mass is 612 g/mol. The molecule has 4 aromatic rings. The predicted octanol–water partition coefficient (Wildman–Crippen LogP) is 7.41. The second-order valence-corrected chi connectivity index (χ2v) is 13.0. The van der Waals surface area contributed by atoms with E-state index in [-0.39, 0.29) is 11.5 Å². The fourth-order valence-corrected chi connectivity index (χ4v) is 7.34. The number of fused-ring (bicyclic) bond motifs is 2. The smallest absolute Gasteiger partial charge is 0.265 e. The van der Waals surface area contributed by atoms with Crippen molar-refractivity contribution in [3.63, 3.8) is 0 Å². The highest BCUT2D eigenvalue weighted by Crippen LogP contribution is 2.33. The number of pyridine rings is 1. The van der Waals surface area contributed by atoms with Crippen molar-refractivity contribution in [3.8, 4) is 27.5 Å². The Morgan fingerprint density at radius 2 is 1.70 bits per heavy atom. The standard InChI is InChI=1S/C35H37ClN4O2S/c1-5-22-8-7-9-23(6-2)32(22)40-31(16-21(3)4)28(34(41)39-18-26-14-15-27(19-39)37-26)17-29(35(40)42)33-38-30(20-43-33)24-10-12-25(36)13-11-24/h7-13,16-17,20,26-27,37H,5-6,14-15,18-19H2,1-4H3/t26-,27+. The molecule has 0 spiro atoms. The molecule has 2 aromatic heterocycles. The van der Waals surface area contributed by atoms with Crippen LogP contribution in [-0.2, 0) is 12.8 Å². The number of carbonyl (C=O) groups is 1. The molecule has 2 aliphatic rings. The van der Waals surface area contributed by atoms with Crippen LogP contribution in [0.15, 0.2) is 64.3 Å². The van der Waals surface area contributed by atoms with E-state index < -0.39 is 0 Å². The third-order valence-electron chi connectivity index (χ3n) is 8.46. The maximum absolute atomic E-state index is 14.7. The highest BCUT2D eigenvalue weighted by Gasteiger charge is 2.36. The van der Waals surface area contributed by atoms with E-state index in [1.54, 1.807) is 10.6 Å². The van der Waals surface area contributed by atoms with Gasteiger partial charge in [0.05, 0.1) is 28.2 Å². The minimum absolute atomic E-state index is 0.0394. The van der Waals surface area contributed by atoms with Crippen LogP contribution in [0.5, 0.6) is 0 Å². The van der Waals surface area contributed by atoms with Crippen LogP contribution in [0.4, 0.5) is 0 Å². The molecule has 4 heterocycles. The maximum Gasteiger partial charge on any atom is 0.265 e. The van der Waals surface area contributed by atoms with Gasteiger partial charge in [0.25, 0.3) is 11.5 Å². The Kier molecular flexibility index (Phi) is 8.40. The first-order valence-corrected chi connectivity index (χ1v) is 16.4. The maximum atomic E-state index is 14.7. The SMILES string of the molecule is CCc1cccc(CC)c1-n1c(C=C(C)C)c(C(=O)N2C[C@H]3CC[C@@H](C2)N3)cc(-c2nc(-c3ccc(Cl)cc3)cs2)c1=O. The Hall–Kier alpha value is -3.52. The van der Waals surface area contributed by atoms with Crippen LogP contribution in [0.1, 0.15) is 67.7 Å². The lowest BCUT2D eigenvalue weighted by Gasteiger charge is -2.33. The molecule has 0 saturated carbocycles. The van der Waals surface area contributed by atoms with Crippen molar-refractivity contribution in [2.45, 2.75) is 65.5 Å². The van der Waals surface area contributed by atoms with E-state index in [2.05, 4.69) is 37.4 Å². The Labute approximate surface area is 262 Å². The number of halogens is 1. The van der Waals surface area contributed by atoms with Crippen LogP contribution in [-0.4, -0.2) is 45.5 Å². The molecule has 1 N–H and O–H groups in total. The molecule has 2 fully saturated rings. The van der Waals surface area contributed by atoms with E-state index in [0.717, 1.165) is 59.3 Å². The lowest BCUT2D eigenvalue weighted by Crippen LogP contribution is -2.53. The molecule has 0 unspecified atom stereocenters. The number of aryl methyl sites for hydroxylation is 2. The summed E-state index contributed by atoms with van der Waals surface area (Å²) < 4.78 is 1.80. The van der Waals surface area contributed by atoms with Crippen molar-refractivity contribution in [2.75, 3.05) is 13.1 Å². The summed E-state index contributed by atoms with van der Waals surface area (Å²) in [5.41, 5.74) is 7.16. The second-order valence-electron chi connectivity index (χ2n) is 11.7. The molecular weight excluding hydrogens is 576 g/mol. The molecule has 2 aromatic carbocycles. The third kappa shape index (κ3) is 5.74. The van der Waals surface area contributed by atoms with Crippen LogP contribution in [0.2, 0.25) is 5.02 Å². The molecular formula is C35H37ClN4O2S. The number of nitrogens with one attached hydrogen (secondary N) is 1. The molecule has 0 aliphatic carbocycles. The summed E-state index contributed by atoms with van der Waals surface area (Å²) in [5, 5.41) is 6.84. The zero-order valence-corrected chi connectivity index (χ0v) is 26.7. The minimum atomic E-state index is -0.169. The van der Waals surface area contributed by atoms with Crippen LogP contribution >= 0.6 is 22.9 Å². The lowest BCUT2D eigenvalue weighted by atomic mass is 9.99. The first-order chi connectivity index (χ1) is 20.8. The van der Waals surface area contributed by atoms with Gasteiger partial charge in [-0.15, -0.1) is 11.3 Å². The van der Waals surface area contributed by atoms with Gasteiger partial charge in [-0.1, -0.05) is 61.4 Å². The summed E-state index contributed by atoms with van der Waals surface area (Å²) in [7, 11) is 0. The van der Waals surface area contributed by atoms with Gasteiger partial charge in [-0.05, 0) is 74.9 Å². The molecule has 0 radical (unpaired) electrons. The zero-order valence-electron chi connectivity index (χ0n) is 25.1. The highest BCUT2D eigenvalue weighted by atomic mass is 35.5. The Morgan fingerprint density at radius 1 is 1.05 bits per heavy atom. The number of benzene rings is 2. The number of aromatic nitrogens is 2. The van der Waals surface area contributed by atoms with Gasteiger partial charge in [-0.3, -0.25) is 14.2 Å². The average Bonchev–Trinajstić information content (AvgIpc) is 3.63. The number of para-hydroxylation sites is 1. The number of piperazine rings is 1. The number of nitrogens with zero attached hydrogens (tertiary/aromatic N) is 3. The van der Waals surface area contributed by atoms with Gasteiger partial charge in [0.2, 0.25) is 0 Å². The molecule has 6 rings (SSSR count). The largest absolute Gasteiger partial charge is 0.335 e. The van der Waals surface area contributed by atoms with E-state index in [1.807, 2.05) is 54.5 Å². The first kappa shape index (κ1) is 29.5. The van der Waals surface area contributed by atoms with E-state index in [9.17, 15) is 9.59 Å². The Balaban J connectivity index is 1.61. The van der Waals surface area contributed by atoms with Gasteiger partial charge in [0.1, 0.15) is 5.01 Å². The van der Waals surface area contributed by atoms with Crippen molar-refractivity contribution >= 4 is 34.9 Å². The molecule has 2 atom stereocenters. The van der Waals surface area contributed by atoms with Crippen molar-refractivity contribution in [3.05, 3.63) is 97.2 Å². The predicted molar refractivity (Wildman–Crippen MR) is 178 cm³/mol. The molecule has 8 heteroatoms. The van der Waals surface area contributed by atoms with Gasteiger partial charge in [0.15, 0.2) is 0 Å². The normalized spacial score (nSPS) is 17.7. The van der Waals surface area contributed by atoms with Crippen LogP contribution in [0.3, 0.4) is 0 Å². The summed E-state index contributed by atoms with van der Waals surface area (Å²) >= 11 is 7.54. The van der Waals surface area contributed by atoms with E-state index >= 15 is 0 Å². The second kappa shape index (κ2) is 12.2. The van der Waals surface area contributed by atoms with Crippen LogP contribution < -0.4 is 10.9 Å². The highest BCUT2D eigenvalue weighted by molar-refractivity contribution is 7.13. The van der Waals surface area contributed by atoms with Gasteiger partial charge < -0.3 is 10.2 Å². The molecule has 1 amide bonds. The summed E-state index contributed by atoms with van der Waals surface area (Å²) in [6.45, 7) is 9.57. The molecule has 2 bridgehead atoms. The number of allylic oxidation sites excluding steroid dienone is 1. The number of hydrogen-bond donors (Lipinski definition) is 1. The van der Waals surface area contributed by atoms with Crippen molar-refractivity contribution in [1.29, 1.82) is 0 Å². The topological polar surface area (TPSA) is 67.2 Å². The number of amides is 1. The zero-order chi connectivity index (χ0) is 30.2. The average molecular weight is 613 g/mol. The summed E-state index contributed by atoms with van der Waals surface area (Å²) in [6.07, 6.45) is 5.67. The van der Waals surface area contributed by atoms with Crippen LogP contribution in [0, 0.1) is 0 Å². The van der Waals surface area contributed by atoms with Crippen molar-refractivity contribution < 1.29 is 4.79 Å². The number of likely N-dealkylation sites (tertiary alicyclic amines) is 1. The van der Waals surface area contributed by atoms with Gasteiger partial charge >= 0.3 is 0 Å². The van der Waals surface area contributed by atoms with Crippen molar-refractivity contribution in [1.82, 2.24) is 19.8 Å². The number of carbonyl (C=O) groups excluding carboxylic acids is 1. The van der Waals surface area contributed by atoms with Gasteiger partial charge in [-0.25, -0.2) is 4.98 Å². The molecule has 2 saturated heterocycles. The molecule has 2 aliphatic heterocycles. The van der Waals surface area contributed by atoms with Crippen molar-refractivity contribution in [2.24, 2.45) is 0 Å². The molecule has 222 valence electrons.